The van der Waals surface area contributed by atoms with Crippen LogP contribution in [0.25, 0.3) is 0 Å². The van der Waals surface area contributed by atoms with Crippen molar-refractivity contribution in [1.82, 2.24) is 9.88 Å². The van der Waals surface area contributed by atoms with Crippen LogP contribution in [-0.2, 0) is 4.79 Å². The molecule has 2 fully saturated rings. The van der Waals surface area contributed by atoms with Gasteiger partial charge in [0.1, 0.15) is 0 Å². The number of anilines is 1. The number of piperidine rings is 2. The number of rotatable bonds is 3. The molecule has 2 aliphatic rings. The van der Waals surface area contributed by atoms with E-state index >= 15 is 0 Å². The van der Waals surface area contributed by atoms with Gasteiger partial charge in [0, 0.05) is 43.8 Å². The Labute approximate surface area is 162 Å². The van der Waals surface area contributed by atoms with Gasteiger partial charge >= 0.3 is 0 Å². The molecule has 142 valence electrons. The maximum absolute atomic E-state index is 13.0. The van der Waals surface area contributed by atoms with Gasteiger partial charge in [0.25, 0.3) is 0 Å². The maximum atomic E-state index is 13.0. The van der Waals surface area contributed by atoms with Gasteiger partial charge in [-0.25, -0.2) is 0 Å². The van der Waals surface area contributed by atoms with Crippen LogP contribution < -0.4 is 4.90 Å². The highest BCUT2D eigenvalue weighted by atomic mass is 16.2. The Morgan fingerprint density at radius 3 is 2.56 bits per heavy atom. The zero-order valence-corrected chi connectivity index (χ0v) is 16.4. The van der Waals surface area contributed by atoms with E-state index in [2.05, 4.69) is 58.1 Å². The fourth-order valence-corrected chi connectivity index (χ4v) is 4.83. The molecule has 1 amide bonds. The summed E-state index contributed by atoms with van der Waals surface area (Å²) in [4.78, 5) is 21.9. The van der Waals surface area contributed by atoms with Gasteiger partial charge in [-0.3, -0.25) is 9.78 Å². The number of likely N-dealkylation sites (tertiary alicyclic amines) is 1. The summed E-state index contributed by atoms with van der Waals surface area (Å²) in [5.41, 5.74) is 3.75. The largest absolute Gasteiger partial charge is 0.371 e. The third-order valence-electron chi connectivity index (χ3n) is 6.43. The molecule has 2 aliphatic heterocycles. The van der Waals surface area contributed by atoms with Gasteiger partial charge in [0.15, 0.2) is 0 Å². The second-order valence-corrected chi connectivity index (χ2v) is 8.16. The molecule has 3 heterocycles. The fourth-order valence-electron chi connectivity index (χ4n) is 4.83. The Hall–Kier alpha value is -2.36. The molecule has 1 atom stereocenters. The molecule has 0 saturated carbocycles. The summed E-state index contributed by atoms with van der Waals surface area (Å²) >= 11 is 0. The minimum atomic E-state index is 0.00891. The number of aromatic nitrogens is 1. The summed E-state index contributed by atoms with van der Waals surface area (Å²) in [6.45, 7) is 7.97. The molecule has 4 rings (SSSR count). The smallest absolute Gasteiger partial charge is 0.230 e. The Balaban J connectivity index is 1.53. The number of carbonyl (C=O) groups is 1. The van der Waals surface area contributed by atoms with E-state index in [-0.39, 0.29) is 11.3 Å². The minimum Gasteiger partial charge on any atom is -0.371 e. The first kappa shape index (κ1) is 18.0. The number of nitrogens with zero attached hydrogens (tertiary/aromatic N) is 3. The van der Waals surface area contributed by atoms with Crippen LogP contribution in [0.2, 0.25) is 0 Å². The van der Waals surface area contributed by atoms with Crippen molar-refractivity contribution in [2.24, 2.45) is 5.41 Å². The number of hydrogen-bond donors (Lipinski definition) is 0. The molecular weight excluding hydrogens is 334 g/mol. The molecule has 0 unspecified atom stereocenters. The van der Waals surface area contributed by atoms with Crippen LogP contribution in [0.3, 0.4) is 0 Å². The zero-order valence-electron chi connectivity index (χ0n) is 16.4. The lowest BCUT2D eigenvalue weighted by Gasteiger charge is -2.50. The first-order valence-electron chi connectivity index (χ1n) is 10.1. The van der Waals surface area contributed by atoms with Gasteiger partial charge in [-0.2, -0.15) is 0 Å². The van der Waals surface area contributed by atoms with Gasteiger partial charge in [-0.05, 0) is 56.2 Å². The van der Waals surface area contributed by atoms with E-state index in [1.807, 2.05) is 19.2 Å². The molecule has 27 heavy (non-hydrogen) atoms. The molecule has 1 aromatic heterocycles. The van der Waals surface area contributed by atoms with Crippen molar-refractivity contribution in [3.05, 3.63) is 59.9 Å². The predicted molar refractivity (Wildman–Crippen MR) is 109 cm³/mol. The standard InChI is InChI=1S/C23H29N3O/c1-3-25-17-23(16-21(22(25)27)19-7-5-4-6-8-19)10-13-26(14-11-23)20-9-12-24-18(2)15-20/h4-9,12,15,21H,3,10-11,13-14,16-17H2,1-2H3/t21-/m0/s1. The van der Waals surface area contributed by atoms with Crippen molar-refractivity contribution in [1.29, 1.82) is 0 Å². The van der Waals surface area contributed by atoms with E-state index in [9.17, 15) is 4.79 Å². The molecule has 2 saturated heterocycles. The van der Waals surface area contributed by atoms with Crippen molar-refractivity contribution in [2.45, 2.75) is 39.0 Å². The van der Waals surface area contributed by atoms with Crippen molar-refractivity contribution in [2.75, 3.05) is 31.1 Å². The molecule has 4 nitrogen and oxygen atoms in total. The third kappa shape index (κ3) is 3.58. The van der Waals surface area contributed by atoms with Crippen LogP contribution in [0.1, 0.15) is 43.4 Å². The SMILES string of the molecule is CCN1CC2(CCN(c3ccnc(C)c3)CC2)C[C@@H](c2ccccc2)C1=O. The summed E-state index contributed by atoms with van der Waals surface area (Å²) < 4.78 is 0. The van der Waals surface area contributed by atoms with E-state index in [4.69, 9.17) is 0 Å². The second kappa shape index (κ2) is 7.34. The van der Waals surface area contributed by atoms with E-state index in [0.29, 0.717) is 5.91 Å². The normalized spacial score (nSPS) is 22.3. The number of likely N-dealkylation sites (N-methyl/N-ethyl adjacent to an activating group) is 1. The molecule has 0 aliphatic carbocycles. The van der Waals surface area contributed by atoms with Crippen LogP contribution in [-0.4, -0.2) is 42.0 Å². The van der Waals surface area contributed by atoms with Crippen LogP contribution in [0, 0.1) is 12.3 Å². The number of benzene rings is 1. The highest BCUT2D eigenvalue weighted by Crippen LogP contribution is 2.46. The number of pyridine rings is 1. The lowest BCUT2D eigenvalue weighted by molar-refractivity contribution is -0.140. The highest BCUT2D eigenvalue weighted by Gasteiger charge is 2.45. The second-order valence-electron chi connectivity index (χ2n) is 8.16. The van der Waals surface area contributed by atoms with Crippen LogP contribution in [0.15, 0.2) is 48.7 Å². The lowest BCUT2D eigenvalue weighted by atomic mass is 9.67. The van der Waals surface area contributed by atoms with Gasteiger partial charge in [-0.1, -0.05) is 30.3 Å². The average molecular weight is 364 g/mol. The number of carbonyl (C=O) groups excluding carboxylic acids is 1. The van der Waals surface area contributed by atoms with Crippen LogP contribution in [0.5, 0.6) is 0 Å². The Morgan fingerprint density at radius 1 is 1.15 bits per heavy atom. The summed E-state index contributed by atoms with van der Waals surface area (Å²) in [5.74, 6) is 0.316. The molecule has 0 N–H and O–H groups in total. The van der Waals surface area contributed by atoms with Crippen molar-refractivity contribution < 1.29 is 4.79 Å². The fraction of sp³-hybridized carbons (Fsp3) is 0.478. The highest BCUT2D eigenvalue weighted by molar-refractivity contribution is 5.84. The van der Waals surface area contributed by atoms with E-state index in [0.717, 1.165) is 51.1 Å². The van der Waals surface area contributed by atoms with Gasteiger partial charge < -0.3 is 9.80 Å². The van der Waals surface area contributed by atoms with E-state index < -0.39 is 0 Å². The quantitative estimate of drug-likeness (QED) is 0.827. The average Bonchev–Trinajstić information content (AvgIpc) is 2.71. The van der Waals surface area contributed by atoms with Crippen LogP contribution in [0.4, 0.5) is 5.69 Å². The van der Waals surface area contributed by atoms with Crippen molar-refractivity contribution in [3.63, 3.8) is 0 Å². The predicted octanol–water partition coefficient (Wildman–Crippen LogP) is 4.01. The Bertz CT molecular complexity index is 796. The zero-order chi connectivity index (χ0) is 18.9. The van der Waals surface area contributed by atoms with Gasteiger partial charge in [0.05, 0.1) is 5.92 Å². The first-order chi connectivity index (χ1) is 13.1. The molecular formula is C23H29N3O. The molecule has 0 radical (unpaired) electrons. The van der Waals surface area contributed by atoms with Crippen LogP contribution >= 0.6 is 0 Å². The maximum Gasteiger partial charge on any atom is 0.230 e. The lowest BCUT2D eigenvalue weighted by Crippen LogP contribution is -2.54. The van der Waals surface area contributed by atoms with Gasteiger partial charge in [-0.15, -0.1) is 0 Å². The number of amides is 1. The Morgan fingerprint density at radius 2 is 1.89 bits per heavy atom. The minimum absolute atomic E-state index is 0.00891. The number of hydrogen-bond acceptors (Lipinski definition) is 3. The number of aryl methyl sites for hydroxylation is 1. The monoisotopic (exact) mass is 363 g/mol. The van der Waals surface area contributed by atoms with Crippen molar-refractivity contribution >= 4 is 11.6 Å². The first-order valence-corrected chi connectivity index (χ1v) is 10.1. The molecule has 2 aromatic rings. The van der Waals surface area contributed by atoms with E-state index in [1.165, 1.54) is 11.3 Å². The third-order valence-corrected chi connectivity index (χ3v) is 6.43. The molecule has 1 aromatic carbocycles. The van der Waals surface area contributed by atoms with Gasteiger partial charge in [0.2, 0.25) is 5.91 Å². The van der Waals surface area contributed by atoms with Crippen molar-refractivity contribution in [3.8, 4) is 0 Å². The molecule has 0 bridgehead atoms. The summed E-state index contributed by atoms with van der Waals surface area (Å²) in [6.07, 6.45) is 5.16. The Kier molecular flexibility index (Phi) is 4.90. The molecule has 1 spiro atoms. The van der Waals surface area contributed by atoms with E-state index in [1.54, 1.807) is 0 Å². The molecule has 4 heteroatoms. The summed E-state index contributed by atoms with van der Waals surface area (Å²) in [7, 11) is 0. The summed E-state index contributed by atoms with van der Waals surface area (Å²) in [5, 5.41) is 0. The summed E-state index contributed by atoms with van der Waals surface area (Å²) in [6, 6.07) is 14.6. The topological polar surface area (TPSA) is 36.4 Å².